The number of carboxylic acid groups (broad SMARTS) is 1. The summed E-state index contributed by atoms with van der Waals surface area (Å²) in [4.78, 5) is 38.0. The Bertz CT molecular complexity index is 865. The van der Waals surface area contributed by atoms with E-state index in [1.165, 1.54) is 17.0 Å². The number of thioether (sulfide) groups is 1. The molecule has 2 fully saturated rings. The SMILES string of the molecule is O=C(O)CCCN1C(=O)C(=Cc2cc([N+](=O)[O-])ccc2N2CCCC2)SC1=S. The number of carbonyl (C=O) groups is 2. The number of carbonyl (C=O) groups excluding carboxylic acids is 1. The van der Waals surface area contributed by atoms with E-state index in [4.69, 9.17) is 17.3 Å². The number of benzene rings is 1. The molecule has 0 aromatic heterocycles. The Morgan fingerprint density at radius 1 is 1.36 bits per heavy atom. The van der Waals surface area contributed by atoms with Crippen molar-refractivity contribution < 1.29 is 19.6 Å². The molecule has 0 atom stereocenters. The van der Waals surface area contributed by atoms with Crippen molar-refractivity contribution in [2.75, 3.05) is 24.5 Å². The first kappa shape index (κ1) is 20.3. The van der Waals surface area contributed by atoms with Crippen LogP contribution in [0, 0.1) is 10.1 Å². The van der Waals surface area contributed by atoms with Crippen LogP contribution >= 0.6 is 24.0 Å². The fraction of sp³-hybridized carbons (Fsp3) is 0.389. The number of hydrogen-bond acceptors (Lipinski definition) is 7. The third-order valence-corrected chi connectivity index (χ3v) is 5.98. The molecule has 10 heteroatoms. The van der Waals surface area contributed by atoms with E-state index in [0.717, 1.165) is 43.4 Å². The highest BCUT2D eigenvalue weighted by molar-refractivity contribution is 8.26. The molecule has 0 bridgehead atoms. The standard InChI is InChI=1S/C18H19N3O5S2/c22-16(23)4-3-9-20-17(24)15(28-18(20)27)11-12-10-13(21(25)26)5-6-14(12)19-7-1-2-8-19/h5-6,10-11H,1-4,7-9H2,(H,22,23). The summed E-state index contributed by atoms with van der Waals surface area (Å²) in [5, 5.41) is 19.9. The Kier molecular flexibility index (Phi) is 6.30. The predicted octanol–water partition coefficient (Wildman–Crippen LogP) is 3.26. The summed E-state index contributed by atoms with van der Waals surface area (Å²) in [6.07, 6.45) is 4.03. The third-order valence-electron chi connectivity index (χ3n) is 4.60. The number of nitrogens with zero attached hydrogens (tertiary/aromatic N) is 3. The molecule has 0 unspecified atom stereocenters. The summed E-state index contributed by atoms with van der Waals surface area (Å²) >= 11 is 6.39. The van der Waals surface area contributed by atoms with Crippen LogP contribution in [0.15, 0.2) is 23.1 Å². The van der Waals surface area contributed by atoms with Gasteiger partial charge in [-0.05, 0) is 31.4 Å². The number of rotatable bonds is 7. The lowest BCUT2D eigenvalue weighted by molar-refractivity contribution is -0.384. The second-order valence-corrected chi connectivity index (χ2v) is 8.20. The molecule has 1 aromatic rings. The molecule has 0 saturated carbocycles. The summed E-state index contributed by atoms with van der Waals surface area (Å²) in [6, 6.07) is 4.68. The van der Waals surface area contributed by atoms with Crippen molar-refractivity contribution in [3.05, 3.63) is 38.8 Å². The lowest BCUT2D eigenvalue weighted by Crippen LogP contribution is -2.29. The first-order valence-corrected chi connectivity index (χ1v) is 10.1. The van der Waals surface area contributed by atoms with E-state index in [-0.39, 0.29) is 24.6 Å². The van der Waals surface area contributed by atoms with E-state index in [1.54, 1.807) is 12.1 Å². The number of carboxylic acids is 1. The van der Waals surface area contributed by atoms with Crippen molar-refractivity contribution >= 4 is 57.6 Å². The Balaban J connectivity index is 1.88. The normalized spacial score (nSPS) is 18.4. The van der Waals surface area contributed by atoms with Gasteiger partial charge in [0.2, 0.25) is 0 Å². The highest BCUT2D eigenvalue weighted by Crippen LogP contribution is 2.36. The number of nitro groups is 1. The number of hydrogen-bond donors (Lipinski definition) is 1. The van der Waals surface area contributed by atoms with Gasteiger partial charge in [-0.2, -0.15) is 0 Å². The Morgan fingerprint density at radius 3 is 2.71 bits per heavy atom. The van der Waals surface area contributed by atoms with Crippen LogP contribution in [-0.2, 0) is 9.59 Å². The van der Waals surface area contributed by atoms with Gasteiger partial charge in [0.15, 0.2) is 0 Å². The molecular weight excluding hydrogens is 402 g/mol. The van der Waals surface area contributed by atoms with Crippen LogP contribution in [-0.4, -0.2) is 50.8 Å². The van der Waals surface area contributed by atoms with Gasteiger partial charge < -0.3 is 10.0 Å². The van der Waals surface area contributed by atoms with Crippen molar-refractivity contribution in [2.45, 2.75) is 25.7 Å². The fourth-order valence-corrected chi connectivity index (χ4v) is 4.54. The smallest absolute Gasteiger partial charge is 0.303 e. The molecule has 0 aliphatic carbocycles. The van der Waals surface area contributed by atoms with Gasteiger partial charge >= 0.3 is 5.97 Å². The summed E-state index contributed by atoms with van der Waals surface area (Å²) in [5.41, 5.74) is 1.44. The average molecular weight is 422 g/mol. The molecule has 2 saturated heterocycles. The third kappa shape index (κ3) is 4.50. The van der Waals surface area contributed by atoms with Crippen molar-refractivity contribution in [2.24, 2.45) is 0 Å². The molecule has 3 rings (SSSR count). The van der Waals surface area contributed by atoms with Gasteiger partial charge in [-0.15, -0.1) is 0 Å². The quantitative estimate of drug-likeness (QED) is 0.310. The van der Waals surface area contributed by atoms with E-state index in [0.29, 0.717) is 21.2 Å². The number of aliphatic carboxylic acids is 1. The van der Waals surface area contributed by atoms with Gasteiger partial charge in [-0.25, -0.2) is 0 Å². The number of thiocarbonyl (C=S) groups is 1. The topological polar surface area (TPSA) is 104 Å². The predicted molar refractivity (Wildman–Crippen MR) is 111 cm³/mol. The van der Waals surface area contributed by atoms with Gasteiger partial charge in [0.25, 0.3) is 11.6 Å². The van der Waals surface area contributed by atoms with Crippen molar-refractivity contribution in [1.29, 1.82) is 0 Å². The van der Waals surface area contributed by atoms with Crippen LogP contribution in [0.25, 0.3) is 6.08 Å². The zero-order chi connectivity index (χ0) is 20.3. The summed E-state index contributed by atoms with van der Waals surface area (Å²) in [6.45, 7) is 1.98. The zero-order valence-corrected chi connectivity index (χ0v) is 16.6. The summed E-state index contributed by atoms with van der Waals surface area (Å²) in [7, 11) is 0. The van der Waals surface area contributed by atoms with Gasteiger partial charge in [0.1, 0.15) is 4.32 Å². The van der Waals surface area contributed by atoms with Crippen molar-refractivity contribution in [1.82, 2.24) is 4.90 Å². The maximum Gasteiger partial charge on any atom is 0.303 e. The molecule has 2 aliphatic rings. The fourth-order valence-electron chi connectivity index (χ4n) is 3.24. The van der Waals surface area contributed by atoms with E-state index in [9.17, 15) is 19.7 Å². The van der Waals surface area contributed by atoms with Crippen LogP contribution in [0.3, 0.4) is 0 Å². The minimum Gasteiger partial charge on any atom is -0.481 e. The van der Waals surface area contributed by atoms with Crippen LogP contribution in [0.5, 0.6) is 0 Å². The number of non-ortho nitro benzene ring substituents is 1. The molecule has 1 N–H and O–H groups in total. The minimum absolute atomic E-state index is 0.0360. The van der Waals surface area contributed by atoms with Gasteiger partial charge in [-0.1, -0.05) is 24.0 Å². The molecule has 1 aromatic carbocycles. The molecule has 148 valence electrons. The molecule has 1 amide bonds. The van der Waals surface area contributed by atoms with Gasteiger partial charge in [0, 0.05) is 49.4 Å². The van der Waals surface area contributed by atoms with Gasteiger partial charge in [0.05, 0.1) is 9.83 Å². The average Bonchev–Trinajstić information content (AvgIpc) is 3.26. The maximum absolute atomic E-state index is 12.7. The molecule has 2 aliphatic heterocycles. The van der Waals surface area contributed by atoms with Gasteiger partial charge in [-0.3, -0.25) is 24.6 Å². The highest BCUT2D eigenvalue weighted by atomic mass is 32.2. The molecular formula is C18H19N3O5S2. The van der Waals surface area contributed by atoms with Crippen LogP contribution < -0.4 is 4.90 Å². The van der Waals surface area contributed by atoms with Crippen LogP contribution in [0.4, 0.5) is 11.4 Å². The zero-order valence-electron chi connectivity index (χ0n) is 15.0. The molecule has 0 spiro atoms. The summed E-state index contributed by atoms with van der Waals surface area (Å²) in [5.74, 6) is -1.22. The molecule has 0 radical (unpaired) electrons. The molecule has 8 nitrogen and oxygen atoms in total. The maximum atomic E-state index is 12.7. The van der Waals surface area contributed by atoms with Crippen LogP contribution in [0.2, 0.25) is 0 Å². The lowest BCUT2D eigenvalue weighted by Gasteiger charge is -2.20. The molecule has 28 heavy (non-hydrogen) atoms. The second-order valence-electron chi connectivity index (χ2n) is 6.53. The molecule has 2 heterocycles. The lowest BCUT2D eigenvalue weighted by atomic mass is 10.1. The minimum atomic E-state index is -0.923. The van der Waals surface area contributed by atoms with E-state index < -0.39 is 10.9 Å². The Hall–Kier alpha value is -2.46. The van der Waals surface area contributed by atoms with Crippen molar-refractivity contribution in [3.63, 3.8) is 0 Å². The number of nitro benzene ring substituents is 1. The van der Waals surface area contributed by atoms with E-state index >= 15 is 0 Å². The Labute approximate surface area is 171 Å². The number of amides is 1. The highest BCUT2D eigenvalue weighted by Gasteiger charge is 2.32. The Morgan fingerprint density at radius 2 is 2.07 bits per heavy atom. The summed E-state index contributed by atoms with van der Waals surface area (Å²) < 4.78 is 0.370. The second kappa shape index (κ2) is 8.70. The largest absolute Gasteiger partial charge is 0.481 e. The van der Waals surface area contributed by atoms with E-state index in [2.05, 4.69) is 4.90 Å². The van der Waals surface area contributed by atoms with Crippen LogP contribution in [0.1, 0.15) is 31.2 Å². The number of anilines is 1. The van der Waals surface area contributed by atoms with Crippen molar-refractivity contribution in [3.8, 4) is 0 Å². The first-order chi connectivity index (χ1) is 13.4. The monoisotopic (exact) mass is 421 g/mol. The van der Waals surface area contributed by atoms with E-state index in [1.807, 2.05) is 0 Å². The first-order valence-electron chi connectivity index (χ1n) is 8.87.